The van der Waals surface area contributed by atoms with Crippen LogP contribution in [0.25, 0.3) is 11.1 Å². The third kappa shape index (κ3) is 7.38. The van der Waals surface area contributed by atoms with Gasteiger partial charge in [0.1, 0.15) is 11.9 Å². The first-order chi connectivity index (χ1) is 21.6. The lowest BCUT2D eigenvalue weighted by atomic mass is 9.83. The molecule has 0 spiro atoms. The molecule has 46 heavy (non-hydrogen) atoms. The van der Waals surface area contributed by atoms with Crippen molar-refractivity contribution in [3.63, 3.8) is 0 Å². The van der Waals surface area contributed by atoms with E-state index in [1.807, 2.05) is 39.8 Å². The fraction of sp³-hybridized carbons (Fsp3) is 0.562. The number of carbonyl (C=O) groups excluding carboxylic acids is 3. The van der Waals surface area contributed by atoms with Crippen LogP contribution in [0.5, 0.6) is 0 Å². The average Bonchev–Trinajstić information content (AvgIpc) is 3.56. The van der Waals surface area contributed by atoms with E-state index in [0.717, 1.165) is 16.7 Å². The number of hydrogen-bond acceptors (Lipinski definition) is 7. The van der Waals surface area contributed by atoms with Gasteiger partial charge in [0.05, 0.1) is 25.2 Å². The minimum Gasteiger partial charge on any atom is -0.444 e. The minimum absolute atomic E-state index is 0.0349. The largest absolute Gasteiger partial charge is 0.444 e. The molecular weight excluding hydrogens is 605 g/mol. The smallest absolute Gasteiger partial charge is 0.404 e. The van der Waals surface area contributed by atoms with Crippen molar-refractivity contribution in [3.8, 4) is 11.1 Å². The van der Waals surface area contributed by atoms with Gasteiger partial charge in [0.2, 0.25) is 5.91 Å². The van der Waals surface area contributed by atoms with Crippen LogP contribution < -0.4 is 21.3 Å². The molecule has 14 heteroatoms. The molecule has 11 nitrogen and oxygen atoms in total. The molecule has 3 aliphatic rings. The van der Waals surface area contributed by atoms with E-state index in [-0.39, 0.29) is 25.4 Å². The zero-order chi connectivity index (χ0) is 33.4. The monoisotopic (exact) mass is 646 g/mol. The highest BCUT2D eigenvalue weighted by Crippen LogP contribution is 2.44. The number of rotatable bonds is 6. The van der Waals surface area contributed by atoms with Gasteiger partial charge in [-0.25, -0.2) is 14.6 Å². The molecule has 5 rings (SSSR count). The number of anilines is 2. The summed E-state index contributed by atoms with van der Waals surface area (Å²) in [7, 11) is 0. The highest BCUT2D eigenvalue weighted by molar-refractivity contribution is 5.98. The van der Waals surface area contributed by atoms with Crippen LogP contribution in [0.3, 0.4) is 0 Å². The molecule has 0 bridgehead atoms. The lowest BCUT2D eigenvalue weighted by molar-refractivity contribution is -0.143. The molecule has 0 saturated carbocycles. The Morgan fingerprint density at radius 1 is 1.20 bits per heavy atom. The SMILES string of the molecule is Cc1ccc(NC(=O)N2CCC(CC(F)(F)F)C2)cc1-c1ccnc(N2C(=O)CC(OC(N)=O)C2C(C)(C)C)c1C1CNCCO1. The van der Waals surface area contributed by atoms with Gasteiger partial charge in [0.15, 0.2) is 0 Å². The number of aromatic nitrogens is 1. The summed E-state index contributed by atoms with van der Waals surface area (Å²) in [6.45, 7) is 9.59. The molecule has 3 aliphatic heterocycles. The maximum absolute atomic E-state index is 13.7. The summed E-state index contributed by atoms with van der Waals surface area (Å²) < 4.78 is 50.4. The van der Waals surface area contributed by atoms with E-state index in [1.54, 1.807) is 23.2 Å². The Bertz CT molecular complexity index is 1470. The molecule has 250 valence electrons. The van der Waals surface area contributed by atoms with Crippen molar-refractivity contribution >= 4 is 29.5 Å². The lowest BCUT2D eigenvalue weighted by Crippen LogP contribution is -2.49. The number of hydrogen-bond donors (Lipinski definition) is 3. The number of nitrogens with two attached hydrogens (primary N) is 1. The number of carbonyl (C=O) groups is 3. The summed E-state index contributed by atoms with van der Waals surface area (Å²) in [5.41, 5.74) is 8.35. The van der Waals surface area contributed by atoms with Gasteiger partial charge >= 0.3 is 18.3 Å². The summed E-state index contributed by atoms with van der Waals surface area (Å²) in [5.74, 6) is -0.513. The third-order valence-corrected chi connectivity index (χ3v) is 8.75. The minimum atomic E-state index is -4.27. The lowest BCUT2D eigenvalue weighted by Gasteiger charge is -2.39. The predicted octanol–water partition coefficient (Wildman–Crippen LogP) is 5.14. The molecular formula is C32H41F3N6O5. The maximum Gasteiger partial charge on any atom is 0.404 e. The van der Waals surface area contributed by atoms with Crippen molar-refractivity contribution in [1.29, 1.82) is 0 Å². The van der Waals surface area contributed by atoms with E-state index in [4.69, 9.17) is 20.2 Å². The highest BCUT2D eigenvalue weighted by Gasteiger charge is 2.50. The number of primary amides is 1. The van der Waals surface area contributed by atoms with Crippen LogP contribution in [0.2, 0.25) is 0 Å². The normalized spacial score (nSPS) is 23.9. The van der Waals surface area contributed by atoms with Crippen LogP contribution in [0.15, 0.2) is 30.5 Å². The molecule has 3 saturated heterocycles. The molecule has 0 aliphatic carbocycles. The van der Waals surface area contributed by atoms with Crippen LogP contribution in [0.4, 0.5) is 34.3 Å². The van der Waals surface area contributed by atoms with Crippen LogP contribution in [0.1, 0.15) is 57.3 Å². The number of morpholine rings is 1. The molecule has 4 unspecified atom stereocenters. The predicted molar refractivity (Wildman–Crippen MR) is 165 cm³/mol. The highest BCUT2D eigenvalue weighted by atomic mass is 19.4. The summed E-state index contributed by atoms with van der Waals surface area (Å²) >= 11 is 0. The van der Waals surface area contributed by atoms with Crippen LogP contribution in [-0.2, 0) is 14.3 Å². The second kappa shape index (κ2) is 13.1. The maximum atomic E-state index is 13.7. The van der Waals surface area contributed by atoms with Crippen LogP contribution in [-0.4, -0.2) is 79.0 Å². The molecule has 4 amide bonds. The molecule has 4 N–H and O–H groups in total. The number of benzene rings is 1. The quantitative estimate of drug-likeness (QED) is 0.395. The van der Waals surface area contributed by atoms with E-state index in [1.165, 1.54) is 4.90 Å². The number of urea groups is 1. The number of nitrogens with zero attached hydrogens (tertiary/aromatic N) is 3. The number of amides is 4. The third-order valence-electron chi connectivity index (χ3n) is 8.75. The fourth-order valence-electron chi connectivity index (χ4n) is 6.81. The zero-order valence-corrected chi connectivity index (χ0v) is 26.4. The number of aryl methyl sites for hydroxylation is 1. The van der Waals surface area contributed by atoms with Gasteiger partial charge in [-0.1, -0.05) is 26.8 Å². The Kier molecular flexibility index (Phi) is 9.50. The van der Waals surface area contributed by atoms with E-state index in [2.05, 4.69) is 10.6 Å². The van der Waals surface area contributed by atoms with Crippen LogP contribution >= 0.6 is 0 Å². The average molecular weight is 647 g/mol. The van der Waals surface area contributed by atoms with Gasteiger partial charge in [-0.3, -0.25) is 9.69 Å². The number of pyridine rings is 1. The Morgan fingerprint density at radius 2 is 1.96 bits per heavy atom. The van der Waals surface area contributed by atoms with Crippen LogP contribution in [0, 0.1) is 18.3 Å². The Morgan fingerprint density at radius 3 is 2.61 bits per heavy atom. The van der Waals surface area contributed by atoms with E-state index in [0.29, 0.717) is 43.2 Å². The summed E-state index contributed by atoms with van der Waals surface area (Å²) in [4.78, 5) is 46.2. The number of likely N-dealkylation sites (tertiary alicyclic amines) is 1. The van der Waals surface area contributed by atoms with Gasteiger partial charge < -0.3 is 30.7 Å². The zero-order valence-electron chi connectivity index (χ0n) is 26.4. The molecule has 0 radical (unpaired) electrons. The Hall–Kier alpha value is -3.91. The van der Waals surface area contributed by atoms with Crippen molar-refractivity contribution in [2.75, 3.05) is 43.0 Å². The fourth-order valence-corrected chi connectivity index (χ4v) is 6.81. The molecule has 4 heterocycles. The van der Waals surface area contributed by atoms with Gasteiger partial charge in [0.25, 0.3) is 0 Å². The molecule has 1 aromatic carbocycles. The second-order valence-corrected chi connectivity index (χ2v) is 13.3. The first kappa shape index (κ1) is 33.5. The number of ether oxygens (including phenoxy) is 2. The first-order valence-corrected chi connectivity index (χ1v) is 15.5. The van der Waals surface area contributed by atoms with Crippen molar-refractivity contribution in [3.05, 3.63) is 41.6 Å². The van der Waals surface area contributed by atoms with E-state index >= 15 is 0 Å². The number of halogens is 3. The summed E-state index contributed by atoms with van der Waals surface area (Å²) in [5, 5.41) is 6.20. The van der Waals surface area contributed by atoms with Gasteiger partial charge in [0, 0.05) is 50.0 Å². The van der Waals surface area contributed by atoms with Crippen molar-refractivity contribution in [1.82, 2.24) is 15.2 Å². The molecule has 3 fully saturated rings. The second-order valence-electron chi connectivity index (χ2n) is 13.3. The summed E-state index contributed by atoms with van der Waals surface area (Å²) in [6.07, 6.45) is -5.57. The number of alkyl halides is 3. The first-order valence-electron chi connectivity index (χ1n) is 15.5. The van der Waals surface area contributed by atoms with Gasteiger partial charge in [-0.2, -0.15) is 13.2 Å². The van der Waals surface area contributed by atoms with Gasteiger partial charge in [-0.05, 0) is 59.6 Å². The Balaban J connectivity index is 1.52. The molecule has 4 atom stereocenters. The standard InChI is InChI=1S/C32H41F3N6O5/c1-18-5-6-20(39-30(44)40-11-8-19(17-40)15-32(33,34)35)13-22(18)21-7-9-38-28(26(21)24-16-37-10-12-45-24)41-25(42)14-23(46-29(36)43)27(41)31(2,3)4/h5-7,9,13,19,23-24,27,37H,8,10-12,14-17H2,1-4H3,(H2,36,43)(H,39,44). The molecule has 1 aromatic heterocycles. The van der Waals surface area contributed by atoms with Gasteiger partial charge in [-0.15, -0.1) is 0 Å². The van der Waals surface area contributed by atoms with Crippen molar-refractivity contribution < 1.29 is 37.0 Å². The topological polar surface area (TPSA) is 139 Å². The number of nitrogens with one attached hydrogen (secondary N) is 2. The Labute approximate surface area is 266 Å². The summed E-state index contributed by atoms with van der Waals surface area (Å²) in [6, 6.07) is 6.19. The van der Waals surface area contributed by atoms with E-state index < -0.39 is 54.3 Å². The van der Waals surface area contributed by atoms with Crippen molar-refractivity contribution in [2.24, 2.45) is 17.1 Å². The van der Waals surface area contributed by atoms with E-state index in [9.17, 15) is 27.6 Å². The molecule has 2 aromatic rings. The van der Waals surface area contributed by atoms with Crippen molar-refractivity contribution in [2.45, 2.75) is 71.4 Å².